The minimum atomic E-state index is -4.32. The van der Waals surface area contributed by atoms with Gasteiger partial charge in [-0.25, -0.2) is 0 Å². The molecule has 0 bridgehead atoms. The predicted octanol–water partition coefficient (Wildman–Crippen LogP) is 8.89. The summed E-state index contributed by atoms with van der Waals surface area (Å²) in [5.74, 6) is 0.110. The normalized spacial score (nSPS) is 13.0. The van der Waals surface area contributed by atoms with Crippen LogP contribution in [0, 0.1) is 5.39 Å². The first-order chi connectivity index (χ1) is 22.8. The molecule has 0 radical (unpaired) electrons. The number of diazo groups is 1. The highest BCUT2D eigenvalue weighted by molar-refractivity contribution is 7.87. The molecule has 1 unspecified atom stereocenters. The zero-order valence-corrected chi connectivity index (χ0v) is 27.3. The molecule has 8 nitrogen and oxygen atoms in total. The largest absolute Gasteiger partial charge is 0.508 e. The number of phenols is 3. The van der Waals surface area contributed by atoms with Gasteiger partial charge in [-0.1, -0.05) is 86.6 Å². The van der Waals surface area contributed by atoms with E-state index in [1.165, 1.54) is 30.3 Å². The van der Waals surface area contributed by atoms with Gasteiger partial charge in [-0.15, -0.1) is 0 Å². The first-order valence-electron chi connectivity index (χ1n) is 15.2. The molecule has 0 saturated carbocycles. The molecule has 9 heteroatoms. The van der Waals surface area contributed by atoms with E-state index in [-0.39, 0.29) is 49.8 Å². The zero-order chi connectivity index (χ0) is 34.3. The lowest BCUT2D eigenvalue weighted by Gasteiger charge is -2.33. The van der Waals surface area contributed by atoms with Gasteiger partial charge in [0.2, 0.25) is 11.1 Å². The minimum absolute atomic E-state index is 0.0825. The van der Waals surface area contributed by atoms with Crippen molar-refractivity contribution in [3.63, 3.8) is 0 Å². The standard InChI is InChI=1S/C39H32N2O6S/c1-38(2,26-11-17-30(42)18-12-26)25-7-9-27(10-8-25)39(3,28-13-19-31(43)20-14-28)29-15-21-32(22-16-29)47-48(45,46)36-6-4-5-34-33(36)23-24-35(41-40)37(34)44/h4-24H,1-3H3,(H2-,42,43,44)/p+1. The molecule has 6 aromatic carbocycles. The molecule has 6 aromatic rings. The van der Waals surface area contributed by atoms with Crippen LogP contribution in [0.1, 0.15) is 48.6 Å². The van der Waals surface area contributed by atoms with Crippen molar-refractivity contribution in [3.8, 4) is 23.0 Å². The van der Waals surface area contributed by atoms with Gasteiger partial charge in [-0.3, -0.25) is 0 Å². The van der Waals surface area contributed by atoms with Gasteiger partial charge in [0.15, 0.2) is 4.98 Å². The average Bonchev–Trinajstić information content (AvgIpc) is 3.08. The second kappa shape index (κ2) is 12.1. The van der Waals surface area contributed by atoms with E-state index in [4.69, 9.17) is 9.58 Å². The van der Waals surface area contributed by atoms with Crippen LogP contribution < -0.4 is 4.18 Å². The molecule has 0 spiro atoms. The summed E-state index contributed by atoms with van der Waals surface area (Å²) in [5, 5.41) is 39.8. The van der Waals surface area contributed by atoms with E-state index in [0.717, 1.165) is 27.8 Å². The summed E-state index contributed by atoms with van der Waals surface area (Å²) in [5.41, 5.74) is 3.79. The number of fused-ring (bicyclic) bond motifs is 1. The molecule has 0 aliphatic heterocycles. The second-order valence-electron chi connectivity index (χ2n) is 12.4. The summed E-state index contributed by atoms with van der Waals surface area (Å²) >= 11 is 0. The maximum absolute atomic E-state index is 13.5. The van der Waals surface area contributed by atoms with Crippen LogP contribution in [-0.2, 0) is 20.9 Å². The van der Waals surface area contributed by atoms with E-state index < -0.39 is 15.5 Å². The van der Waals surface area contributed by atoms with Crippen LogP contribution >= 0.6 is 0 Å². The Morgan fingerprint density at radius 1 is 0.583 bits per heavy atom. The van der Waals surface area contributed by atoms with Gasteiger partial charge in [-0.2, -0.15) is 8.42 Å². The van der Waals surface area contributed by atoms with Crippen molar-refractivity contribution in [2.45, 2.75) is 36.5 Å². The van der Waals surface area contributed by atoms with Gasteiger partial charge in [0.25, 0.3) is 0 Å². The smallest absolute Gasteiger partial charge is 0.426 e. The summed E-state index contributed by atoms with van der Waals surface area (Å²) in [6.45, 7) is 6.33. The summed E-state index contributed by atoms with van der Waals surface area (Å²) in [6, 6.07) is 36.5. The van der Waals surface area contributed by atoms with Crippen LogP contribution in [0.4, 0.5) is 5.69 Å². The summed E-state index contributed by atoms with van der Waals surface area (Å²) in [6.07, 6.45) is 0. The quantitative estimate of drug-likeness (QED) is 0.0846. The molecule has 48 heavy (non-hydrogen) atoms. The van der Waals surface area contributed by atoms with Crippen molar-refractivity contribution >= 4 is 26.6 Å². The average molecular weight is 658 g/mol. The molecule has 1 atom stereocenters. The number of rotatable bonds is 8. The van der Waals surface area contributed by atoms with E-state index in [1.807, 2.05) is 36.4 Å². The molecule has 0 saturated heterocycles. The summed E-state index contributed by atoms with van der Waals surface area (Å²) in [4.78, 5) is 2.89. The lowest BCUT2D eigenvalue weighted by atomic mass is 9.70. The Hall–Kier alpha value is -5.85. The van der Waals surface area contributed by atoms with E-state index in [0.29, 0.717) is 0 Å². The van der Waals surface area contributed by atoms with Crippen molar-refractivity contribution in [1.29, 1.82) is 5.39 Å². The van der Waals surface area contributed by atoms with Crippen LogP contribution in [0.5, 0.6) is 23.0 Å². The molecular weight excluding hydrogens is 625 g/mol. The fourth-order valence-electron chi connectivity index (χ4n) is 6.18. The number of phenolic OH excluding ortho intramolecular Hbond substituents is 3. The Morgan fingerprint density at radius 2 is 1.04 bits per heavy atom. The summed E-state index contributed by atoms with van der Waals surface area (Å²) in [7, 11) is -4.32. The number of nitrogens with zero attached hydrogens (tertiary/aromatic N) is 2. The number of hydrogen-bond acceptors (Lipinski definition) is 7. The van der Waals surface area contributed by atoms with Crippen LogP contribution in [0.15, 0.2) is 132 Å². The molecule has 0 aliphatic rings. The highest BCUT2D eigenvalue weighted by Crippen LogP contribution is 2.42. The molecule has 6 rings (SSSR count). The number of hydrogen-bond donors (Lipinski definition) is 3. The Kier molecular flexibility index (Phi) is 8.07. The third kappa shape index (κ3) is 5.67. The molecule has 0 aromatic heterocycles. The van der Waals surface area contributed by atoms with Gasteiger partial charge >= 0.3 is 15.8 Å². The van der Waals surface area contributed by atoms with E-state index in [1.54, 1.807) is 36.4 Å². The highest BCUT2D eigenvalue weighted by atomic mass is 32.2. The number of benzene rings is 6. The first kappa shape index (κ1) is 32.1. The topological polar surface area (TPSA) is 132 Å². The SMILES string of the molecule is CC(C)(c1ccc(O)cc1)c1ccc(C(C)(c2ccc(O)cc2)c2ccc(OS(=O)(=O)c3cccc4c(O)c([N+]#N)ccc34)cc2)cc1. The van der Waals surface area contributed by atoms with Crippen molar-refractivity contribution < 1.29 is 27.9 Å². The second-order valence-corrected chi connectivity index (χ2v) is 13.9. The molecule has 3 N–H and O–H groups in total. The van der Waals surface area contributed by atoms with Crippen LogP contribution in [0.2, 0.25) is 0 Å². The van der Waals surface area contributed by atoms with Crippen LogP contribution in [-0.4, -0.2) is 23.7 Å². The fraction of sp³-hybridized carbons (Fsp3) is 0.128. The molecule has 0 aliphatic carbocycles. The molecule has 240 valence electrons. The maximum atomic E-state index is 13.5. The van der Waals surface area contributed by atoms with Crippen LogP contribution in [0.25, 0.3) is 15.7 Å². The third-order valence-electron chi connectivity index (χ3n) is 9.20. The van der Waals surface area contributed by atoms with Gasteiger partial charge in [0.1, 0.15) is 22.1 Å². The van der Waals surface area contributed by atoms with Gasteiger partial charge in [-0.05, 0) is 83.3 Å². The summed E-state index contributed by atoms with van der Waals surface area (Å²) < 4.78 is 32.5. The van der Waals surface area contributed by atoms with Crippen molar-refractivity contribution in [2.24, 2.45) is 0 Å². The third-order valence-corrected chi connectivity index (χ3v) is 10.5. The zero-order valence-electron chi connectivity index (χ0n) is 26.5. The Morgan fingerprint density at radius 3 is 1.56 bits per heavy atom. The molecule has 0 heterocycles. The van der Waals surface area contributed by atoms with E-state index in [9.17, 15) is 23.7 Å². The van der Waals surface area contributed by atoms with Crippen molar-refractivity contribution in [3.05, 3.63) is 160 Å². The van der Waals surface area contributed by atoms with Gasteiger partial charge < -0.3 is 19.5 Å². The van der Waals surface area contributed by atoms with Crippen molar-refractivity contribution in [2.75, 3.05) is 0 Å². The van der Waals surface area contributed by atoms with E-state index in [2.05, 4.69) is 50.0 Å². The Balaban J connectivity index is 1.35. The van der Waals surface area contributed by atoms with Crippen LogP contribution in [0.3, 0.4) is 0 Å². The fourth-order valence-corrected chi connectivity index (χ4v) is 7.32. The first-order valence-corrected chi connectivity index (χ1v) is 16.6. The van der Waals surface area contributed by atoms with E-state index >= 15 is 0 Å². The Labute approximate surface area is 278 Å². The number of aromatic hydroxyl groups is 3. The Bertz CT molecular complexity index is 2280. The molecule has 0 amide bonds. The maximum Gasteiger partial charge on any atom is 0.426 e. The molecular formula is C39H33N2O6S+. The van der Waals surface area contributed by atoms with Gasteiger partial charge in [0, 0.05) is 27.7 Å². The lowest BCUT2D eigenvalue weighted by Crippen LogP contribution is -2.26. The van der Waals surface area contributed by atoms with Gasteiger partial charge in [0.05, 0.1) is 0 Å². The highest BCUT2D eigenvalue weighted by Gasteiger charge is 2.33. The minimum Gasteiger partial charge on any atom is -0.508 e. The lowest BCUT2D eigenvalue weighted by molar-refractivity contribution is 0.474. The molecule has 0 fully saturated rings. The van der Waals surface area contributed by atoms with Crippen molar-refractivity contribution in [1.82, 2.24) is 0 Å². The monoisotopic (exact) mass is 657 g/mol. The predicted molar refractivity (Wildman–Crippen MR) is 185 cm³/mol.